The fourth-order valence-corrected chi connectivity index (χ4v) is 3.03. The molecule has 0 bridgehead atoms. The van der Waals surface area contributed by atoms with Gasteiger partial charge in [0.2, 0.25) is 0 Å². The highest BCUT2D eigenvalue weighted by atomic mass is 35.5. The molecule has 0 aromatic heterocycles. The normalized spacial score (nSPS) is 11.2. The van der Waals surface area contributed by atoms with E-state index in [1.807, 2.05) is 55.6 Å². The van der Waals surface area contributed by atoms with Gasteiger partial charge >= 0.3 is 0 Å². The number of hydrogen-bond acceptors (Lipinski definition) is 2. The van der Waals surface area contributed by atoms with E-state index >= 15 is 0 Å². The minimum atomic E-state index is 0.0122. The fraction of sp³-hybridized carbons (Fsp3) is 0.364. The van der Waals surface area contributed by atoms with Crippen molar-refractivity contribution in [2.45, 2.75) is 19.9 Å². The van der Waals surface area contributed by atoms with E-state index in [1.54, 1.807) is 19.0 Å². The fourth-order valence-electron chi connectivity index (χ4n) is 2.84. The van der Waals surface area contributed by atoms with Crippen LogP contribution in [0.15, 0.2) is 53.5 Å². The first-order chi connectivity index (χ1) is 13.4. The Labute approximate surface area is 173 Å². The van der Waals surface area contributed by atoms with E-state index in [-0.39, 0.29) is 5.91 Å². The third-order valence-corrected chi connectivity index (χ3v) is 4.67. The Morgan fingerprint density at radius 3 is 2.54 bits per heavy atom. The van der Waals surface area contributed by atoms with Gasteiger partial charge in [0.25, 0.3) is 5.91 Å². The van der Waals surface area contributed by atoms with Crippen molar-refractivity contribution in [3.8, 4) is 0 Å². The summed E-state index contributed by atoms with van der Waals surface area (Å²) >= 11 is 6.28. The Hall–Kier alpha value is -2.53. The third-order valence-electron chi connectivity index (χ3n) is 4.30. The number of nitrogens with zero attached hydrogens (tertiary/aromatic N) is 3. The number of rotatable bonds is 7. The van der Waals surface area contributed by atoms with Gasteiger partial charge in [0, 0.05) is 51.4 Å². The molecule has 2 aromatic carbocycles. The van der Waals surface area contributed by atoms with Crippen molar-refractivity contribution in [1.29, 1.82) is 0 Å². The largest absolute Gasteiger partial charge is 0.357 e. The lowest BCUT2D eigenvalue weighted by atomic mass is 10.1. The number of guanidine groups is 1. The van der Waals surface area contributed by atoms with Gasteiger partial charge in [0.15, 0.2) is 5.96 Å². The Bertz CT molecular complexity index is 820. The lowest BCUT2D eigenvalue weighted by molar-refractivity contribution is 0.0827. The molecule has 2 rings (SSSR count). The van der Waals surface area contributed by atoms with Crippen molar-refractivity contribution in [2.75, 3.05) is 34.2 Å². The van der Waals surface area contributed by atoms with Crippen LogP contribution in [0.1, 0.15) is 28.4 Å². The number of aliphatic imine (C=N–C) groups is 1. The standard InChI is InChI=1S/C22H29ClN4O/c1-5-24-22(27(4)16-19-10-6-7-12-20(19)23)25-14-13-17-9-8-11-18(15-17)21(28)26(2)3/h6-12,15H,5,13-14,16H2,1-4H3,(H,24,25). The predicted molar refractivity (Wildman–Crippen MR) is 117 cm³/mol. The first-order valence-corrected chi connectivity index (χ1v) is 9.83. The lowest BCUT2D eigenvalue weighted by Crippen LogP contribution is -2.38. The molecule has 5 nitrogen and oxygen atoms in total. The van der Waals surface area contributed by atoms with Crippen molar-refractivity contribution < 1.29 is 4.79 Å². The Balaban J connectivity index is 2.03. The van der Waals surface area contributed by atoms with E-state index in [2.05, 4.69) is 17.1 Å². The smallest absolute Gasteiger partial charge is 0.253 e. The van der Waals surface area contributed by atoms with Crippen LogP contribution in [-0.4, -0.2) is 55.9 Å². The number of nitrogens with one attached hydrogen (secondary N) is 1. The molecule has 1 N–H and O–H groups in total. The van der Waals surface area contributed by atoms with Crippen LogP contribution in [-0.2, 0) is 13.0 Å². The number of carbonyl (C=O) groups excluding carboxylic acids is 1. The predicted octanol–water partition coefficient (Wildman–Crippen LogP) is 3.68. The van der Waals surface area contributed by atoms with Gasteiger partial charge in [-0.1, -0.05) is 41.9 Å². The Morgan fingerprint density at radius 1 is 1.11 bits per heavy atom. The van der Waals surface area contributed by atoms with E-state index in [4.69, 9.17) is 16.6 Å². The summed E-state index contributed by atoms with van der Waals surface area (Å²) in [5, 5.41) is 4.08. The van der Waals surface area contributed by atoms with Crippen molar-refractivity contribution in [3.63, 3.8) is 0 Å². The van der Waals surface area contributed by atoms with Crippen LogP contribution >= 0.6 is 11.6 Å². The number of halogens is 1. The highest BCUT2D eigenvalue weighted by molar-refractivity contribution is 6.31. The van der Waals surface area contributed by atoms with Gasteiger partial charge in [-0.2, -0.15) is 0 Å². The molecule has 150 valence electrons. The molecule has 0 saturated heterocycles. The van der Waals surface area contributed by atoms with Crippen LogP contribution in [0.25, 0.3) is 0 Å². The number of hydrogen-bond donors (Lipinski definition) is 1. The highest BCUT2D eigenvalue weighted by Crippen LogP contribution is 2.16. The molecule has 2 aromatic rings. The number of amides is 1. The second-order valence-electron chi connectivity index (χ2n) is 6.83. The zero-order chi connectivity index (χ0) is 20.5. The molecule has 1 amide bonds. The molecule has 28 heavy (non-hydrogen) atoms. The van der Waals surface area contributed by atoms with Gasteiger partial charge in [0.1, 0.15) is 0 Å². The van der Waals surface area contributed by atoms with E-state index in [0.29, 0.717) is 18.7 Å². The molecule has 0 fully saturated rings. The van der Waals surface area contributed by atoms with E-state index in [9.17, 15) is 4.79 Å². The molecule has 0 aliphatic rings. The quantitative estimate of drug-likeness (QED) is 0.569. The molecule has 0 saturated carbocycles. The van der Waals surface area contributed by atoms with Gasteiger partial charge < -0.3 is 15.1 Å². The Morgan fingerprint density at radius 2 is 1.86 bits per heavy atom. The van der Waals surface area contributed by atoms with Crippen LogP contribution in [0.2, 0.25) is 5.02 Å². The summed E-state index contributed by atoms with van der Waals surface area (Å²) in [5.74, 6) is 0.848. The summed E-state index contributed by atoms with van der Waals surface area (Å²) in [6.07, 6.45) is 0.767. The van der Waals surface area contributed by atoms with Crippen LogP contribution < -0.4 is 5.32 Å². The van der Waals surface area contributed by atoms with Crippen LogP contribution in [0.3, 0.4) is 0 Å². The number of benzene rings is 2. The van der Waals surface area contributed by atoms with Crippen molar-refractivity contribution in [2.24, 2.45) is 4.99 Å². The SMILES string of the molecule is CCNC(=NCCc1cccc(C(=O)N(C)C)c1)N(C)Cc1ccccc1Cl. The lowest BCUT2D eigenvalue weighted by Gasteiger charge is -2.22. The van der Waals surface area contributed by atoms with E-state index in [1.165, 1.54) is 0 Å². The summed E-state index contributed by atoms with van der Waals surface area (Å²) in [7, 11) is 5.52. The molecule has 0 atom stereocenters. The van der Waals surface area contributed by atoms with Gasteiger partial charge in [-0.3, -0.25) is 9.79 Å². The zero-order valence-corrected chi connectivity index (χ0v) is 17.8. The topological polar surface area (TPSA) is 47.9 Å². The van der Waals surface area contributed by atoms with Crippen molar-refractivity contribution in [3.05, 3.63) is 70.2 Å². The third kappa shape index (κ3) is 6.27. The molecular formula is C22H29ClN4O. The minimum absolute atomic E-state index is 0.0122. The van der Waals surface area contributed by atoms with Crippen LogP contribution in [0.4, 0.5) is 0 Å². The minimum Gasteiger partial charge on any atom is -0.357 e. The van der Waals surface area contributed by atoms with Gasteiger partial charge in [-0.25, -0.2) is 0 Å². The maximum atomic E-state index is 12.1. The molecule has 0 aliphatic heterocycles. The summed E-state index contributed by atoms with van der Waals surface area (Å²) < 4.78 is 0. The maximum Gasteiger partial charge on any atom is 0.253 e. The van der Waals surface area contributed by atoms with E-state index in [0.717, 1.165) is 35.1 Å². The molecule has 0 heterocycles. The van der Waals surface area contributed by atoms with Gasteiger partial charge in [-0.15, -0.1) is 0 Å². The summed E-state index contributed by atoms with van der Waals surface area (Å²) in [6.45, 7) is 4.15. The first kappa shape index (κ1) is 21.8. The molecule has 0 unspecified atom stereocenters. The second-order valence-corrected chi connectivity index (χ2v) is 7.24. The van der Waals surface area contributed by atoms with E-state index < -0.39 is 0 Å². The van der Waals surface area contributed by atoms with Crippen LogP contribution in [0, 0.1) is 0 Å². The first-order valence-electron chi connectivity index (χ1n) is 9.45. The highest BCUT2D eigenvalue weighted by Gasteiger charge is 2.10. The average Bonchev–Trinajstić information content (AvgIpc) is 2.68. The van der Waals surface area contributed by atoms with Gasteiger partial charge in [0.05, 0.1) is 0 Å². The molecule has 0 aliphatic carbocycles. The van der Waals surface area contributed by atoms with Crippen molar-refractivity contribution in [1.82, 2.24) is 15.1 Å². The maximum absolute atomic E-state index is 12.1. The van der Waals surface area contributed by atoms with Crippen LogP contribution in [0.5, 0.6) is 0 Å². The molecule has 0 spiro atoms. The summed E-state index contributed by atoms with van der Waals surface area (Å²) in [4.78, 5) is 20.5. The zero-order valence-electron chi connectivity index (χ0n) is 17.1. The monoisotopic (exact) mass is 400 g/mol. The Kier molecular flexibility index (Phi) is 8.33. The molecule has 0 radical (unpaired) electrons. The molecular weight excluding hydrogens is 372 g/mol. The average molecular weight is 401 g/mol. The van der Waals surface area contributed by atoms with Gasteiger partial charge in [-0.05, 0) is 42.7 Å². The summed E-state index contributed by atoms with van der Waals surface area (Å²) in [6, 6.07) is 15.6. The molecule has 6 heteroatoms. The van der Waals surface area contributed by atoms with Crippen molar-refractivity contribution >= 4 is 23.5 Å². The second kappa shape index (κ2) is 10.7. The number of carbonyl (C=O) groups is 1. The summed E-state index contributed by atoms with van der Waals surface area (Å²) in [5.41, 5.74) is 2.86.